The quantitative estimate of drug-likeness (QED) is 0.588. The van der Waals surface area contributed by atoms with Gasteiger partial charge in [-0.2, -0.15) is 0 Å². The minimum Gasteiger partial charge on any atom is -0.359 e. The van der Waals surface area contributed by atoms with Crippen LogP contribution in [0.1, 0.15) is 75.3 Å². The number of hydrogen-bond donors (Lipinski definition) is 2. The van der Waals surface area contributed by atoms with Crippen LogP contribution < -0.4 is 10.6 Å². The molecule has 2 aliphatic carbocycles. The number of anilines is 1. The molecule has 1 aromatic rings. The fraction of sp³-hybridized carbons (Fsp3) is 0.633. The Kier molecular flexibility index (Phi) is 6.38. The van der Waals surface area contributed by atoms with E-state index >= 15 is 0 Å². The third-order valence-electron chi connectivity index (χ3n) is 9.56. The lowest BCUT2D eigenvalue weighted by Crippen LogP contribution is -2.58. The monoisotopic (exact) mass is 505 g/mol. The molecule has 4 fully saturated rings. The molecule has 7 heteroatoms. The van der Waals surface area contributed by atoms with Gasteiger partial charge in [-0.05, 0) is 62.8 Å². The van der Waals surface area contributed by atoms with E-state index < -0.39 is 29.6 Å². The average molecular weight is 506 g/mol. The Morgan fingerprint density at radius 2 is 1.65 bits per heavy atom. The van der Waals surface area contributed by atoms with Gasteiger partial charge in [0, 0.05) is 17.8 Å². The first-order valence-electron chi connectivity index (χ1n) is 14.3. The van der Waals surface area contributed by atoms with Gasteiger partial charge in [0.2, 0.25) is 17.7 Å². The van der Waals surface area contributed by atoms with Gasteiger partial charge in [-0.25, -0.2) is 0 Å². The number of ether oxygens (including phenoxy) is 1. The van der Waals surface area contributed by atoms with E-state index in [1.165, 1.54) is 6.42 Å². The molecule has 6 rings (SSSR count). The first-order valence-corrected chi connectivity index (χ1v) is 14.3. The standard InChI is InChI=1S/C30H39N3O4/c1-18-13-14-21(17-19(18)2)32-27(34)24-23-15-16-30(37-23)25(24)29(36)33(22-11-7-4-8-12-22)26(30)28(35)31-20-9-5-3-6-10-20/h13-17,20,22-26H,3-12H2,1-2H3,(H,31,35)(H,32,34)/t23-,24-,25-,26-,30-/m1/s1. The predicted molar refractivity (Wildman–Crippen MR) is 141 cm³/mol. The van der Waals surface area contributed by atoms with Crippen molar-refractivity contribution in [2.24, 2.45) is 11.8 Å². The van der Waals surface area contributed by atoms with Crippen LogP contribution in [0.15, 0.2) is 30.4 Å². The van der Waals surface area contributed by atoms with Crippen LogP contribution in [-0.2, 0) is 19.1 Å². The molecule has 0 radical (unpaired) electrons. The van der Waals surface area contributed by atoms with Crippen LogP contribution in [0.25, 0.3) is 0 Å². The molecule has 0 aromatic heterocycles. The van der Waals surface area contributed by atoms with Crippen molar-refractivity contribution in [2.45, 2.75) is 108 Å². The Hall–Kier alpha value is -2.67. The number of benzene rings is 1. The summed E-state index contributed by atoms with van der Waals surface area (Å²) in [5.74, 6) is -1.76. The fourth-order valence-electron chi connectivity index (χ4n) is 7.53. The van der Waals surface area contributed by atoms with Crippen molar-refractivity contribution in [1.29, 1.82) is 0 Å². The maximum Gasteiger partial charge on any atom is 0.246 e. The van der Waals surface area contributed by atoms with E-state index in [1.807, 2.05) is 49.1 Å². The van der Waals surface area contributed by atoms with Crippen LogP contribution in [0.2, 0.25) is 0 Å². The van der Waals surface area contributed by atoms with Crippen LogP contribution >= 0.6 is 0 Å². The summed E-state index contributed by atoms with van der Waals surface area (Å²) in [6.45, 7) is 4.05. The van der Waals surface area contributed by atoms with Crippen LogP contribution in [0.3, 0.4) is 0 Å². The van der Waals surface area contributed by atoms with Crippen LogP contribution in [-0.4, -0.2) is 52.5 Å². The summed E-state index contributed by atoms with van der Waals surface area (Å²) in [7, 11) is 0. The van der Waals surface area contributed by atoms with Gasteiger partial charge < -0.3 is 20.3 Å². The second kappa shape index (κ2) is 9.57. The molecule has 37 heavy (non-hydrogen) atoms. The minimum absolute atomic E-state index is 0.0165. The number of hydrogen-bond acceptors (Lipinski definition) is 4. The summed E-state index contributed by atoms with van der Waals surface area (Å²) in [6.07, 6.45) is 13.8. The third kappa shape index (κ3) is 4.10. The molecular formula is C30H39N3O4. The average Bonchev–Trinajstić information content (AvgIpc) is 3.54. The van der Waals surface area contributed by atoms with Gasteiger partial charge in [0.1, 0.15) is 11.6 Å². The smallest absolute Gasteiger partial charge is 0.246 e. The Labute approximate surface area is 219 Å². The topological polar surface area (TPSA) is 87.7 Å². The van der Waals surface area contributed by atoms with Crippen molar-refractivity contribution in [1.82, 2.24) is 10.2 Å². The molecule has 2 N–H and O–H groups in total. The second-order valence-corrected chi connectivity index (χ2v) is 11.9. The highest BCUT2D eigenvalue weighted by Crippen LogP contribution is 2.56. The fourth-order valence-corrected chi connectivity index (χ4v) is 7.53. The lowest BCUT2D eigenvalue weighted by Gasteiger charge is -2.39. The van der Waals surface area contributed by atoms with Crippen LogP contribution in [0.5, 0.6) is 0 Å². The SMILES string of the molecule is Cc1ccc(NC(=O)[C@@H]2[C@H]3C=C[C@@]4(O3)[C@H]2C(=O)N(C2CCCCC2)[C@@H]4C(=O)NC2CCCCC2)cc1C. The minimum atomic E-state index is -1.08. The van der Waals surface area contributed by atoms with Gasteiger partial charge in [0.15, 0.2) is 0 Å². The Morgan fingerprint density at radius 3 is 2.35 bits per heavy atom. The molecule has 3 aliphatic heterocycles. The van der Waals surface area contributed by atoms with Crippen molar-refractivity contribution in [2.75, 3.05) is 5.32 Å². The number of nitrogens with one attached hydrogen (secondary N) is 2. The van der Waals surface area contributed by atoms with Crippen molar-refractivity contribution in [3.05, 3.63) is 41.5 Å². The molecule has 5 atom stereocenters. The van der Waals surface area contributed by atoms with E-state index in [2.05, 4.69) is 10.6 Å². The Morgan fingerprint density at radius 1 is 0.946 bits per heavy atom. The zero-order chi connectivity index (χ0) is 25.7. The lowest BCUT2D eigenvalue weighted by molar-refractivity contribution is -0.144. The molecular weight excluding hydrogens is 466 g/mol. The molecule has 0 unspecified atom stereocenters. The Bertz CT molecular complexity index is 1120. The van der Waals surface area contributed by atoms with Gasteiger partial charge in [-0.15, -0.1) is 0 Å². The summed E-state index contributed by atoms with van der Waals surface area (Å²) in [4.78, 5) is 43.7. The van der Waals surface area contributed by atoms with E-state index in [0.717, 1.165) is 74.6 Å². The number of carbonyl (C=O) groups is 3. The maximum absolute atomic E-state index is 14.2. The van der Waals surface area contributed by atoms with E-state index in [0.29, 0.717) is 0 Å². The van der Waals surface area contributed by atoms with Gasteiger partial charge in [-0.3, -0.25) is 14.4 Å². The summed E-state index contributed by atoms with van der Waals surface area (Å²) in [5, 5.41) is 6.34. The molecule has 1 spiro atoms. The lowest BCUT2D eigenvalue weighted by atomic mass is 9.74. The first kappa shape index (κ1) is 24.7. The van der Waals surface area contributed by atoms with Crippen LogP contribution in [0.4, 0.5) is 5.69 Å². The molecule has 198 valence electrons. The highest BCUT2D eigenvalue weighted by Gasteiger charge is 2.73. The molecule has 1 aromatic carbocycles. The third-order valence-corrected chi connectivity index (χ3v) is 9.56. The maximum atomic E-state index is 14.2. The predicted octanol–water partition coefficient (Wildman–Crippen LogP) is 4.17. The van der Waals surface area contributed by atoms with E-state index in [9.17, 15) is 14.4 Å². The highest BCUT2D eigenvalue weighted by molar-refractivity contribution is 6.03. The first-order chi connectivity index (χ1) is 17.9. The molecule has 5 aliphatic rings. The van der Waals surface area contributed by atoms with Crippen molar-refractivity contribution in [3.63, 3.8) is 0 Å². The molecule has 2 saturated carbocycles. The van der Waals surface area contributed by atoms with E-state index in [4.69, 9.17) is 4.74 Å². The van der Waals surface area contributed by atoms with Crippen molar-refractivity contribution >= 4 is 23.4 Å². The number of carbonyl (C=O) groups excluding carboxylic acids is 3. The molecule has 2 saturated heterocycles. The normalized spacial score (nSPS) is 33.6. The van der Waals surface area contributed by atoms with Crippen molar-refractivity contribution < 1.29 is 19.1 Å². The number of fused-ring (bicyclic) bond motifs is 1. The molecule has 3 amide bonds. The highest BCUT2D eigenvalue weighted by atomic mass is 16.5. The van der Waals surface area contributed by atoms with E-state index in [-0.39, 0.29) is 29.8 Å². The number of amides is 3. The summed E-state index contributed by atoms with van der Waals surface area (Å²) in [6, 6.07) is 5.27. The zero-order valence-corrected chi connectivity index (χ0v) is 22.0. The molecule has 2 bridgehead atoms. The van der Waals surface area contributed by atoms with Gasteiger partial charge in [0.05, 0.1) is 17.9 Å². The van der Waals surface area contributed by atoms with Crippen molar-refractivity contribution in [3.8, 4) is 0 Å². The van der Waals surface area contributed by atoms with Crippen LogP contribution in [0, 0.1) is 25.7 Å². The number of nitrogens with zero attached hydrogens (tertiary/aromatic N) is 1. The summed E-state index contributed by atoms with van der Waals surface area (Å²) in [5.41, 5.74) is 1.89. The number of likely N-dealkylation sites (tertiary alicyclic amines) is 1. The zero-order valence-electron chi connectivity index (χ0n) is 22.0. The van der Waals surface area contributed by atoms with Gasteiger partial charge >= 0.3 is 0 Å². The number of aryl methyl sites for hydroxylation is 2. The number of rotatable bonds is 5. The van der Waals surface area contributed by atoms with E-state index in [1.54, 1.807) is 0 Å². The molecule has 3 heterocycles. The summed E-state index contributed by atoms with van der Waals surface area (Å²) < 4.78 is 6.52. The largest absolute Gasteiger partial charge is 0.359 e. The summed E-state index contributed by atoms with van der Waals surface area (Å²) >= 11 is 0. The van der Waals surface area contributed by atoms with Gasteiger partial charge in [0.25, 0.3) is 0 Å². The molecule has 7 nitrogen and oxygen atoms in total. The van der Waals surface area contributed by atoms with Gasteiger partial charge in [-0.1, -0.05) is 56.7 Å². The second-order valence-electron chi connectivity index (χ2n) is 11.9. The Balaban J connectivity index is 1.31.